The van der Waals surface area contributed by atoms with E-state index in [9.17, 15) is 19.1 Å². The minimum atomic E-state index is -0.927. The van der Waals surface area contributed by atoms with Crippen LogP contribution in [0.2, 0.25) is 0 Å². The van der Waals surface area contributed by atoms with Gasteiger partial charge in [0.05, 0.1) is 28.4 Å². The first kappa shape index (κ1) is 24.1. The highest BCUT2D eigenvalue weighted by Crippen LogP contribution is 2.44. The fourth-order valence-electron chi connectivity index (χ4n) is 4.09. The van der Waals surface area contributed by atoms with Crippen LogP contribution in [-0.4, -0.2) is 28.4 Å². The van der Waals surface area contributed by atoms with Gasteiger partial charge in [-0.3, -0.25) is 14.5 Å². The zero-order chi connectivity index (χ0) is 25.4. The summed E-state index contributed by atoms with van der Waals surface area (Å²) in [6.45, 7) is 2.49. The van der Waals surface area contributed by atoms with Crippen molar-refractivity contribution in [2.24, 2.45) is 0 Å². The summed E-state index contributed by atoms with van der Waals surface area (Å²) in [6, 6.07) is 17.1. The maximum absolute atomic E-state index is 13.8. The number of anilines is 1. The van der Waals surface area contributed by atoms with E-state index in [4.69, 9.17) is 4.74 Å². The molecule has 1 unspecified atom stereocenters. The zero-order valence-corrected chi connectivity index (χ0v) is 21.5. The number of nitrogens with zero attached hydrogens (tertiary/aromatic N) is 2. The average molecular weight is 567 g/mol. The summed E-state index contributed by atoms with van der Waals surface area (Å²) in [7, 11) is 0. The lowest BCUT2D eigenvalue weighted by molar-refractivity contribution is -0.132. The fraction of sp³-hybridized carbons (Fsp3) is 0.148. The van der Waals surface area contributed by atoms with Crippen LogP contribution in [-0.2, 0) is 9.59 Å². The van der Waals surface area contributed by atoms with Gasteiger partial charge in [0.1, 0.15) is 17.3 Å². The van der Waals surface area contributed by atoms with Crippen molar-refractivity contribution in [1.29, 1.82) is 0 Å². The third-order valence-electron chi connectivity index (χ3n) is 5.76. The number of ketones is 1. The van der Waals surface area contributed by atoms with Crippen molar-refractivity contribution in [2.45, 2.75) is 19.4 Å². The number of benzene rings is 3. The maximum atomic E-state index is 13.8. The molecule has 1 aliphatic rings. The Labute approximate surface area is 218 Å². The smallest absolute Gasteiger partial charge is 0.301 e. The lowest BCUT2D eigenvalue weighted by Crippen LogP contribution is -2.29. The predicted octanol–water partition coefficient (Wildman–Crippen LogP) is 6.61. The Bertz CT molecular complexity index is 1520. The van der Waals surface area contributed by atoms with Crippen molar-refractivity contribution < 1.29 is 23.8 Å². The number of ether oxygens (including phenoxy) is 1. The van der Waals surface area contributed by atoms with E-state index in [-0.39, 0.29) is 16.5 Å². The number of halogens is 2. The van der Waals surface area contributed by atoms with Gasteiger partial charge in [-0.2, -0.15) is 0 Å². The van der Waals surface area contributed by atoms with Crippen LogP contribution in [0.5, 0.6) is 5.75 Å². The third-order valence-corrected chi connectivity index (χ3v) is 7.30. The van der Waals surface area contributed by atoms with Crippen LogP contribution in [0.4, 0.5) is 9.52 Å². The van der Waals surface area contributed by atoms with Gasteiger partial charge in [-0.05, 0) is 54.4 Å². The van der Waals surface area contributed by atoms with Gasteiger partial charge in [0.15, 0.2) is 5.13 Å². The van der Waals surface area contributed by atoms with Crippen LogP contribution in [0.25, 0.3) is 16.0 Å². The molecule has 1 aromatic heterocycles. The molecule has 182 valence electrons. The topological polar surface area (TPSA) is 79.7 Å². The standard InChI is InChI=1S/C27H20BrFN2O4S/c1-2-12-35-19-5-3-4-16(13-19)24(32)22-23(15-6-8-17(28)9-7-15)31(26(34)25(22)33)27-30-20-11-10-18(29)14-21(20)36-27/h3-11,13-14,23,32H,2,12H2,1H3/b24-22+. The molecule has 6 nitrogen and oxygen atoms in total. The number of fused-ring (bicyclic) bond motifs is 1. The summed E-state index contributed by atoms with van der Waals surface area (Å²) in [5.41, 5.74) is 1.42. The first-order valence-corrected chi connectivity index (χ1v) is 12.8. The molecule has 2 heterocycles. The molecule has 9 heteroatoms. The van der Waals surface area contributed by atoms with E-state index in [2.05, 4.69) is 20.9 Å². The molecule has 1 amide bonds. The highest BCUT2D eigenvalue weighted by atomic mass is 79.9. The van der Waals surface area contributed by atoms with E-state index in [1.165, 1.54) is 23.1 Å². The summed E-state index contributed by atoms with van der Waals surface area (Å²) >= 11 is 4.51. The fourth-order valence-corrected chi connectivity index (χ4v) is 5.37. The Hall–Kier alpha value is -3.56. The van der Waals surface area contributed by atoms with Crippen LogP contribution in [0.1, 0.15) is 30.5 Å². The Morgan fingerprint density at radius 3 is 2.67 bits per heavy atom. The average Bonchev–Trinajstić information content (AvgIpc) is 3.40. The predicted molar refractivity (Wildman–Crippen MR) is 141 cm³/mol. The van der Waals surface area contributed by atoms with Gasteiger partial charge in [0, 0.05) is 10.0 Å². The number of aliphatic hydroxyl groups is 1. The summed E-state index contributed by atoms with van der Waals surface area (Å²) in [4.78, 5) is 32.5. The first-order valence-electron chi connectivity index (χ1n) is 11.2. The molecule has 3 aromatic carbocycles. The molecule has 36 heavy (non-hydrogen) atoms. The largest absolute Gasteiger partial charge is 0.507 e. The SMILES string of the molecule is CCCOc1cccc(/C(O)=C2\C(=O)C(=O)N(c3nc4ccc(F)cc4s3)C2c2ccc(Br)cc2)c1. The van der Waals surface area contributed by atoms with Crippen molar-refractivity contribution in [3.05, 3.63) is 93.7 Å². The third kappa shape index (κ3) is 4.40. The second-order valence-electron chi connectivity index (χ2n) is 8.21. The van der Waals surface area contributed by atoms with Gasteiger partial charge < -0.3 is 9.84 Å². The molecule has 1 N–H and O–H groups in total. The molecule has 0 radical (unpaired) electrons. The van der Waals surface area contributed by atoms with Crippen LogP contribution in [0, 0.1) is 5.82 Å². The lowest BCUT2D eigenvalue weighted by Gasteiger charge is -2.23. The van der Waals surface area contributed by atoms with Gasteiger partial charge >= 0.3 is 5.91 Å². The van der Waals surface area contributed by atoms with Crippen molar-refractivity contribution in [1.82, 2.24) is 4.98 Å². The number of thiazole rings is 1. The van der Waals surface area contributed by atoms with Crippen LogP contribution in [0.3, 0.4) is 0 Å². The number of hydrogen-bond donors (Lipinski definition) is 1. The summed E-state index contributed by atoms with van der Waals surface area (Å²) in [6.07, 6.45) is 0.816. The van der Waals surface area contributed by atoms with Crippen molar-refractivity contribution >= 4 is 60.1 Å². The van der Waals surface area contributed by atoms with E-state index in [1.54, 1.807) is 48.5 Å². The quantitative estimate of drug-likeness (QED) is 0.161. The van der Waals surface area contributed by atoms with Gasteiger partial charge in [-0.1, -0.05) is 58.5 Å². The second kappa shape index (κ2) is 9.83. The van der Waals surface area contributed by atoms with Crippen LogP contribution in [0.15, 0.2) is 76.8 Å². The molecule has 1 aliphatic heterocycles. The highest BCUT2D eigenvalue weighted by molar-refractivity contribution is 9.10. The molecule has 1 atom stereocenters. The van der Waals surface area contributed by atoms with Crippen molar-refractivity contribution in [2.75, 3.05) is 11.5 Å². The molecule has 0 bridgehead atoms. The number of Topliss-reactive ketones (excluding diaryl/α,β-unsaturated/α-hetero) is 1. The monoisotopic (exact) mass is 566 g/mol. The Morgan fingerprint density at radius 2 is 1.92 bits per heavy atom. The number of aromatic nitrogens is 1. The number of amides is 1. The Balaban J connectivity index is 1.68. The zero-order valence-electron chi connectivity index (χ0n) is 19.1. The second-order valence-corrected chi connectivity index (χ2v) is 10.1. The molecule has 1 saturated heterocycles. The number of rotatable bonds is 6. The number of carbonyl (C=O) groups is 2. The van der Waals surface area contributed by atoms with Gasteiger partial charge in [0.2, 0.25) is 0 Å². The van der Waals surface area contributed by atoms with E-state index >= 15 is 0 Å². The molecule has 0 saturated carbocycles. The minimum Gasteiger partial charge on any atom is -0.507 e. The number of aliphatic hydroxyl groups excluding tert-OH is 1. The van der Waals surface area contributed by atoms with E-state index in [1.807, 2.05) is 6.92 Å². The molecule has 0 spiro atoms. The summed E-state index contributed by atoms with van der Waals surface area (Å²) < 4.78 is 20.8. The van der Waals surface area contributed by atoms with Crippen LogP contribution < -0.4 is 9.64 Å². The van der Waals surface area contributed by atoms with Crippen LogP contribution >= 0.6 is 27.3 Å². The van der Waals surface area contributed by atoms with Gasteiger partial charge in [-0.25, -0.2) is 9.37 Å². The molecule has 4 aromatic rings. The summed E-state index contributed by atoms with van der Waals surface area (Å²) in [5, 5.41) is 11.6. The molecule has 5 rings (SSSR count). The Morgan fingerprint density at radius 1 is 1.14 bits per heavy atom. The van der Waals surface area contributed by atoms with E-state index in [0.717, 1.165) is 22.2 Å². The van der Waals surface area contributed by atoms with Gasteiger partial charge in [0.25, 0.3) is 5.78 Å². The maximum Gasteiger partial charge on any atom is 0.301 e. The van der Waals surface area contributed by atoms with Crippen molar-refractivity contribution in [3.63, 3.8) is 0 Å². The Kier molecular flexibility index (Phi) is 6.59. The van der Waals surface area contributed by atoms with E-state index in [0.29, 0.717) is 33.7 Å². The number of hydrogen-bond acceptors (Lipinski definition) is 6. The first-order chi connectivity index (χ1) is 17.4. The summed E-state index contributed by atoms with van der Waals surface area (Å²) in [5.74, 6) is -1.83. The molecule has 0 aliphatic carbocycles. The van der Waals surface area contributed by atoms with E-state index < -0.39 is 23.5 Å². The van der Waals surface area contributed by atoms with Gasteiger partial charge in [-0.15, -0.1) is 0 Å². The minimum absolute atomic E-state index is 0.0552. The molecular formula is C27H20BrFN2O4S. The number of carbonyl (C=O) groups excluding carboxylic acids is 2. The lowest BCUT2D eigenvalue weighted by atomic mass is 9.95. The molecule has 1 fully saturated rings. The highest BCUT2D eigenvalue weighted by Gasteiger charge is 2.48. The molecular weight excluding hydrogens is 547 g/mol. The van der Waals surface area contributed by atoms with Crippen molar-refractivity contribution in [3.8, 4) is 5.75 Å². The normalized spacial score (nSPS) is 17.2.